The largest absolute Gasteiger partial charge is 0.335 e. The summed E-state index contributed by atoms with van der Waals surface area (Å²) in [7, 11) is 1.65. The van der Waals surface area contributed by atoms with Crippen molar-refractivity contribution >= 4 is 17.2 Å². The van der Waals surface area contributed by atoms with Crippen molar-refractivity contribution < 1.29 is 4.79 Å². The van der Waals surface area contributed by atoms with Gasteiger partial charge in [-0.2, -0.15) is 5.10 Å². The maximum Gasteiger partial charge on any atom is 0.277 e. The first kappa shape index (κ1) is 19.7. The lowest BCUT2D eigenvalue weighted by Gasteiger charge is -2.33. The van der Waals surface area contributed by atoms with Crippen LogP contribution < -0.4 is 5.56 Å². The Kier molecular flexibility index (Phi) is 5.79. The molecule has 1 saturated carbocycles. The zero-order valence-electron chi connectivity index (χ0n) is 16.8. The van der Waals surface area contributed by atoms with E-state index in [1.54, 1.807) is 7.05 Å². The summed E-state index contributed by atoms with van der Waals surface area (Å²) in [5, 5.41) is 4.84. The van der Waals surface area contributed by atoms with Gasteiger partial charge in [0.1, 0.15) is 9.88 Å². The molecule has 1 amide bonds. The van der Waals surface area contributed by atoms with Crippen LogP contribution in [-0.4, -0.2) is 38.2 Å². The monoisotopic (exact) mass is 388 g/mol. The Hall–Kier alpha value is -2.02. The summed E-state index contributed by atoms with van der Waals surface area (Å²) in [5.74, 6) is 0.0471. The summed E-state index contributed by atoms with van der Waals surface area (Å²) in [4.78, 5) is 33.1. The molecule has 3 rings (SSSR count). The van der Waals surface area contributed by atoms with Crippen molar-refractivity contribution in [1.82, 2.24) is 19.7 Å². The topological polar surface area (TPSA) is 68.1 Å². The van der Waals surface area contributed by atoms with E-state index in [9.17, 15) is 9.59 Å². The standard InChI is InChI=1S/C20H28N4O2S/c1-6-24(15-10-8-7-9-11-15)20(26)17-14(4)21-18(27-17)16-12(2)13(3)22-23(5)19(16)25/h15H,6-11H2,1-5H3. The van der Waals surface area contributed by atoms with E-state index in [1.807, 2.05) is 32.6 Å². The third-order valence-corrected chi connectivity index (χ3v) is 6.71. The minimum Gasteiger partial charge on any atom is -0.335 e. The highest BCUT2D eigenvalue weighted by molar-refractivity contribution is 7.17. The van der Waals surface area contributed by atoms with Crippen LogP contribution in [0.15, 0.2) is 4.79 Å². The molecule has 6 nitrogen and oxygen atoms in total. The van der Waals surface area contributed by atoms with Crippen LogP contribution in [0.2, 0.25) is 0 Å². The summed E-state index contributed by atoms with van der Waals surface area (Å²) in [5.41, 5.74) is 2.70. The van der Waals surface area contributed by atoms with Gasteiger partial charge in [-0.3, -0.25) is 9.59 Å². The molecule has 0 N–H and O–H groups in total. The van der Waals surface area contributed by atoms with Crippen LogP contribution in [0.1, 0.15) is 65.7 Å². The molecule has 0 spiro atoms. The van der Waals surface area contributed by atoms with E-state index < -0.39 is 0 Å². The Bertz CT molecular complexity index is 909. The number of aryl methyl sites for hydroxylation is 3. The number of carbonyl (C=O) groups excluding carboxylic acids is 1. The van der Waals surface area contributed by atoms with Crippen molar-refractivity contribution in [1.29, 1.82) is 0 Å². The van der Waals surface area contributed by atoms with E-state index in [4.69, 9.17) is 0 Å². The Morgan fingerprint density at radius 1 is 1.19 bits per heavy atom. The van der Waals surface area contributed by atoms with Crippen molar-refractivity contribution in [3.8, 4) is 10.6 Å². The van der Waals surface area contributed by atoms with Gasteiger partial charge in [-0.05, 0) is 46.1 Å². The van der Waals surface area contributed by atoms with Gasteiger partial charge < -0.3 is 4.90 Å². The number of nitrogens with zero attached hydrogens (tertiary/aromatic N) is 4. The number of amides is 1. The van der Waals surface area contributed by atoms with E-state index in [2.05, 4.69) is 10.1 Å². The minimum absolute atomic E-state index is 0.0471. The first-order valence-electron chi connectivity index (χ1n) is 9.68. The number of rotatable bonds is 4. The molecule has 2 aromatic heterocycles. The molecule has 0 atom stereocenters. The quantitative estimate of drug-likeness (QED) is 0.802. The second-order valence-electron chi connectivity index (χ2n) is 7.33. The van der Waals surface area contributed by atoms with Gasteiger partial charge in [0.15, 0.2) is 0 Å². The molecule has 1 fully saturated rings. The number of hydrogen-bond donors (Lipinski definition) is 0. The van der Waals surface area contributed by atoms with E-state index >= 15 is 0 Å². The second kappa shape index (κ2) is 7.92. The molecule has 0 saturated heterocycles. The van der Waals surface area contributed by atoms with Crippen molar-refractivity contribution in [3.05, 3.63) is 32.2 Å². The zero-order chi connectivity index (χ0) is 19.7. The lowest BCUT2D eigenvalue weighted by Crippen LogP contribution is -2.41. The minimum atomic E-state index is -0.175. The van der Waals surface area contributed by atoms with Crippen LogP contribution >= 0.6 is 11.3 Å². The fourth-order valence-electron chi connectivity index (χ4n) is 3.89. The van der Waals surface area contributed by atoms with Crippen LogP contribution in [0.5, 0.6) is 0 Å². The van der Waals surface area contributed by atoms with Gasteiger partial charge >= 0.3 is 0 Å². The van der Waals surface area contributed by atoms with Gasteiger partial charge in [-0.15, -0.1) is 11.3 Å². The molecule has 2 heterocycles. The van der Waals surface area contributed by atoms with Crippen LogP contribution in [-0.2, 0) is 7.05 Å². The SMILES string of the molecule is CCN(C(=O)c1sc(-c2c(C)c(C)nn(C)c2=O)nc1C)C1CCCCC1. The van der Waals surface area contributed by atoms with Gasteiger partial charge in [0.2, 0.25) is 0 Å². The highest BCUT2D eigenvalue weighted by atomic mass is 32.1. The molecular weight excluding hydrogens is 360 g/mol. The smallest absolute Gasteiger partial charge is 0.277 e. The fraction of sp³-hybridized carbons (Fsp3) is 0.600. The van der Waals surface area contributed by atoms with E-state index in [0.29, 0.717) is 33.7 Å². The highest BCUT2D eigenvalue weighted by Gasteiger charge is 2.28. The Balaban J connectivity index is 2.00. The maximum atomic E-state index is 13.2. The number of thiazole rings is 1. The third-order valence-electron chi connectivity index (χ3n) is 5.55. The fourth-order valence-corrected chi connectivity index (χ4v) is 5.01. The lowest BCUT2D eigenvalue weighted by molar-refractivity contribution is 0.0652. The average Bonchev–Trinajstić information content (AvgIpc) is 3.03. The average molecular weight is 389 g/mol. The second-order valence-corrected chi connectivity index (χ2v) is 8.33. The molecule has 0 aromatic carbocycles. The van der Waals surface area contributed by atoms with Gasteiger partial charge in [0.05, 0.1) is 17.0 Å². The maximum absolute atomic E-state index is 13.2. The third kappa shape index (κ3) is 3.70. The molecule has 0 aliphatic heterocycles. The first-order valence-corrected chi connectivity index (χ1v) is 10.5. The van der Waals surface area contributed by atoms with Gasteiger partial charge in [0, 0.05) is 19.6 Å². The van der Waals surface area contributed by atoms with Gasteiger partial charge in [-0.25, -0.2) is 9.67 Å². The predicted octanol–water partition coefficient (Wildman–Crippen LogP) is 3.62. The first-order chi connectivity index (χ1) is 12.8. The highest BCUT2D eigenvalue weighted by Crippen LogP contribution is 2.31. The Morgan fingerprint density at radius 3 is 2.48 bits per heavy atom. The normalized spacial score (nSPS) is 15.1. The van der Waals surface area contributed by atoms with Crippen LogP contribution in [0.3, 0.4) is 0 Å². The summed E-state index contributed by atoms with van der Waals surface area (Å²) in [6, 6.07) is 0.318. The molecule has 0 radical (unpaired) electrons. The molecule has 27 heavy (non-hydrogen) atoms. The number of hydrogen-bond acceptors (Lipinski definition) is 5. The van der Waals surface area contributed by atoms with E-state index in [1.165, 1.54) is 35.3 Å². The van der Waals surface area contributed by atoms with Crippen LogP contribution in [0.4, 0.5) is 0 Å². The Morgan fingerprint density at radius 2 is 1.85 bits per heavy atom. The summed E-state index contributed by atoms with van der Waals surface area (Å²) >= 11 is 1.33. The number of aromatic nitrogens is 3. The lowest BCUT2D eigenvalue weighted by atomic mass is 9.94. The zero-order valence-corrected chi connectivity index (χ0v) is 17.7. The van der Waals surface area contributed by atoms with Crippen molar-refractivity contribution in [2.24, 2.45) is 7.05 Å². The van der Waals surface area contributed by atoms with Crippen molar-refractivity contribution in [2.45, 2.75) is 65.8 Å². The summed E-state index contributed by atoms with van der Waals surface area (Å²) in [6.07, 6.45) is 5.79. The Labute approximate surface area is 164 Å². The molecule has 1 aliphatic carbocycles. The number of carbonyl (C=O) groups is 1. The van der Waals surface area contributed by atoms with Crippen LogP contribution in [0.25, 0.3) is 10.6 Å². The van der Waals surface area contributed by atoms with Gasteiger partial charge in [-0.1, -0.05) is 19.3 Å². The van der Waals surface area contributed by atoms with Crippen LogP contribution in [0, 0.1) is 20.8 Å². The molecule has 146 valence electrons. The van der Waals surface area contributed by atoms with Crippen molar-refractivity contribution in [3.63, 3.8) is 0 Å². The predicted molar refractivity (Wildman–Crippen MR) is 108 cm³/mol. The van der Waals surface area contributed by atoms with E-state index in [0.717, 1.165) is 24.1 Å². The molecule has 7 heteroatoms. The molecule has 1 aliphatic rings. The molecular formula is C20H28N4O2S. The van der Waals surface area contributed by atoms with Crippen molar-refractivity contribution in [2.75, 3.05) is 6.54 Å². The van der Waals surface area contributed by atoms with E-state index in [-0.39, 0.29) is 11.5 Å². The summed E-state index contributed by atoms with van der Waals surface area (Å²) < 4.78 is 1.34. The molecule has 0 bridgehead atoms. The molecule has 0 unspecified atom stereocenters. The summed E-state index contributed by atoms with van der Waals surface area (Å²) in [6.45, 7) is 8.36. The van der Waals surface area contributed by atoms with Gasteiger partial charge in [0.25, 0.3) is 11.5 Å². The molecule has 2 aromatic rings.